The molecule has 1 amide bonds. The van der Waals surface area contributed by atoms with Crippen molar-refractivity contribution in [2.24, 2.45) is 0 Å². The van der Waals surface area contributed by atoms with Crippen molar-refractivity contribution in [3.8, 4) is 12.3 Å². The zero-order valence-electron chi connectivity index (χ0n) is 7.59. The summed E-state index contributed by atoms with van der Waals surface area (Å²) in [5, 5.41) is 2.76. The van der Waals surface area contributed by atoms with Gasteiger partial charge < -0.3 is 5.32 Å². The third kappa shape index (κ3) is 3.23. The SMILES string of the molecule is C#CCCC(=O)Nc1ccccc1Br. The van der Waals surface area contributed by atoms with Crippen LogP contribution in [0.4, 0.5) is 5.69 Å². The number of para-hydroxylation sites is 1. The molecular weight excluding hydrogens is 242 g/mol. The van der Waals surface area contributed by atoms with Gasteiger partial charge >= 0.3 is 0 Å². The lowest BCUT2D eigenvalue weighted by Crippen LogP contribution is -2.10. The Morgan fingerprint density at radius 3 is 2.86 bits per heavy atom. The monoisotopic (exact) mass is 251 g/mol. The highest BCUT2D eigenvalue weighted by atomic mass is 79.9. The van der Waals surface area contributed by atoms with Crippen molar-refractivity contribution in [3.63, 3.8) is 0 Å². The fraction of sp³-hybridized carbons (Fsp3) is 0.182. The van der Waals surface area contributed by atoms with Crippen LogP contribution in [-0.4, -0.2) is 5.91 Å². The van der Waals surface area contributed by atoms with Crippen molar-refractivity contribution in [1.82, 2.24) is 0 Å². The standard InChI is InChI=1S/C11H10BrNO/c1-2-3-8-11(14)13-10-7-5-4-6-9(10)12/h1,4-7H,3,8H2,(H,13,14). The van der Waals surface area contributed by atoms with E-state index >= 15 is 0 Å². The highest BCUT2D eigenvalue weighted by Gasteiger charge is 2.03. The first kappa shape index (κ1) is 10.8. The topological polar surface area (TPSA) is 29.1 Å². The summed E-state index contributed by atoms with van der Waals surface area (Å²) in [5.74, 6) is 2.37. The molecule has 0 bridgehead atoms. The summed E-state index contributed by atoms with van der Waals surface area (Å²) in [5.41, 5.74) is 0.773. The highest BCUT2D eigenvalue weighted by molar-refractivity contribution is 9.10. The van der Waals surface area contributed by atoms with Crippen molar-refractivity contribution in [1.29, 1.82) is 0 Å². The van der Waals surface area contributed by atoms with Gasteiger partial charge in [0.15, 0.2) is 0 Å². The van der Waals surface area contributed by atoms with Gasteiger partial charge in [-0.3, -0.25) is 4.79 Å². The van der Waals surface area contributed by atoms with Crippen LogP contribution in [0.25, 0.3) is 0 Å². The molecule has 0 radical (unpaired) electrons. The van der Waals surface area contributed by atoms with Gasteiger partial charge in [0.25, 0.3) is 0 Å². The van der Waals surface area contributed by atoms with Crippen LogP contribution in [0.1, 0.15) is 12.8 Å². The minimum atomic E-state index is -0.0603. The van der Waals surface area contributed by atoms with Crippen LogP contribution in [0.5, 0.6) is 0 Å². The lowest BCUT2D eigenvalue weighted by molar-refractivity contribution is -0.116. The smallest absolute Gasteiger partial charge is 0.225 e. The quantitative estimate of drug-likeness (QED) is 0.823. The van der Waals surface area contributed by atoms with Gasteiger partial charge in [0.1, 0.15) is 0 Å². The number of carbonyl (C=O) groups excluding carboxylic acids is 1. The molecular formula is C11H10BrNO. The summed E-state index contributed by atoms with van der Waals surface area (Å²) >= 11 is 3.34. The summed E-state index contributed by atoms with van der Waals surface area (Å²) in [6, 6.07) is 7.46. The molecule has 0 aliphatic heterocycles. The zero-order valence-corrected chi connectivity index (χ0v) is 9.17. The Bertz CT molecular complexity index is 368. The molecule has 1 aromatic carbocycles. The maximum Gasteiger partial charge on any atom is 0.225 e. The Morgan fingerprint density at radius 1 is 1.50 bits per heavy atom. The number of rotatable bonds is 3. The van der Waals surface area contributed by atoms with Gasteiger partial charge in [0, 0.05) is 17.3 Å². The van der Waals surface area contributed by atoms with E-state index in [1.54, 1.807) is 0 Å². The zero-order chi connectivity index (χ0) is 10.4. The minimum absolute atomic E-state index is 0.0603. The van der Waals surface area contributed by atoms with E-state index in [1.165, 1.54) is 0 Å². The van der Waals surface area contributed by atoms with Crippen LogP contribution in [0.3, 0.4) is 0 Å². The number of benzene rings is 1. The van der Waals surface area contributed by atoms with Gasteiger partial charge in [-0.05, 0) is 28.1 Å². The molecule has 0 unspecified atom stereocenters. The number of hydrogen-bond acceptors (Lipinski definition) is 1. The molecule has 0 spiro atoms. The Hall–Kier alpha value is -1.27. The largest absolute Gasteiger partial charge is 0.325 e. The first-order chi connectivity index (χ1) is 6.74. The first-order valence-corrected chi connectivity index (χ1v) is 5.01. The van der Waals surface area contributed by atoms with Crippen molar-refractivity contribution in [2.45, 2.75) is 12.8 Å². The van der Waals surface area contributed by atoms with Crippen molar-refractivity contribution < 1.29 is 4.79 Å². The van der Waals surface area contributed by atoms with E-state index in [1.807, 2.05) is 24.3 Å². The second kappa shape index (κ2) is 5.46. The number of hydrogen-bond donors (Lipinski definition) is 1. The highest BCUT2D eigenvalue weighted by Crippen LogP contribution is 2.21. The average molecular weight is 252 g/mol. The Labute approximate surface area is 91.8 Å². The predicted molar refractivity (Wildman–Crippen MR) is 60.8 cm³/mol. The molecule has 1 N–H and O–H groups in total. The predicted octanol–water partition coefficient (Wildman–Crippen LogP) is 2.80. The van der Waals surface area contributed by atoms with E-state index in [0.717, 1.165) is 10.2 Å². The number of carbonyl (C=O) groups is 1. The van der Waals surface area contributed by atoms with Crippen molar-refractivity contribution in [3.05, 3.63) is 28.7 Å². The van der Waals surface area contributed by atoms with Crippen LogP contribution in [0.2, 0.25) is 0 Å². The lowest BCUT2D eigenvalue weighted by atomic mass is 10.3. The number of nitrogens with one attached hydrogen (secondary N) is 1. The van der Waals surface area contributed by atoms with E-state index in [9.17, 15) is 4.79 Å². The molecule has 0 fully saturated rings. The molecule has 0 saturated carbocycles. The van der Waals surface area contributed by atoms with Gasteiger partial charge in [-0.1, -0.05) is 12.1 Å². The van der Waals surface area contributed by atoms with Crippen LogP contribution in [0, 0.1) is 12.3 Å². The van der Waals surface area contributed by atoms with Crippen molar-refractivity contribution >= 4 is 27.5 Å². The third-order valence-corrected chi connectivity index (χ3v) is 2.34. The molecule has 0 aliphatic carbocycles. The molecule has 0 aromatic heterocycles. The molecule has 0 heterocycles. The van der Waals surface area contributed by atoms with E-state index in [0.29, 0.717) is 12.8 Å². The fourth-order valence-electron chi connectivity index (χ4n) is 0.961. The van der Waals surface area contributed by atoms with E-state index in [-0.39, 0.29) is 5.91 Å². The van der Waals surface area contributed by atoms with E-state index < -0.39 is 0 Å². The molecule has 2 nitrogen and oxygen atoms in total. The Balaban J connectivity index is 2.57. The third-order valence-electron chi connectivity index (χ3n) is 1.64. The number of amides is 1. The molecule has 14 heavy (non-hydrogen) atoms. The lowest BCUT2D eigenvalue weighted by Gasteiger charge is -2.05. The van der Waals surface area contributed by atoms with Crippen molar-refractivity contribution in [2.75, 3.05) is 5.32 Å². The summed E-state index contributed by atoms with van der Waals surface area (Å²) < 4.78 is 0.869. The van der Waals surface area contributed by atoms with Gasteiger partial charge in [-0.2, -0.15) is 0 Å². The molecule has 1 rings (SSSR count). The maximum atomic E-state index is 11.3. The molecule has 1 aromatic rings. The number of halogens is 1. The normalized spacial score (nSPS) is 9.14. The van der Waals surface area contributed by atoms with Crippen LogP contribution in [0.15, 0.2) is 28.7 Å². The van der Waals surface area contributed by atoms with Gasteiger partial charge in [0.2, 0.25) is 5.91 Å². The van der Waals surface area contributed by atoms with E-state index in [4.69, 9.17) is 6.42 Å². The van der Waals surface area contributed by atoms with E-state index in [2.05, 4.69) is 27.2 Å². The summed E-state index contributed by atoms with van der Waals surface area (Å²) in [7, 11) is 0. The van der Waals surface area contributed by atoms with Gasteiger partial charge in [-0.15, -0.1) is 12.3 Å². The molecule has 0 atom stereocenters. The Morgan fingerprint density at radius 2 is 2.21 bits per heavy atom. The van der Waals surface area contributed by atoms with Gasteiger partial charge in [-0.25, -0.2) is 0 Å². The number of anilines is 1. The first-order valence-electron chi connectivity index (χ1n) is 4.22. The van der Waals surface area contributed by atoms with Crippen LogP contribution in [-0.2, 0) is 4.79 Å². The second-order valence-electron chi connectivity index (χ2n) is 2.73. The average Bonchev–Trinajstić information content (AvgIpc) is 2.18. The second-order valence-corrected chi connectivity index (χ2v) is 3.59. The number of terminal acetylenes is 1. The molecule has 72 valence electrons. The summed E-state index contributed by atoms with van der Waals surface area (Å²) in [4.78, 5) is 11.3. The molecule has 0 saturated heterocycles. The minimum Gasteiger partial charge on any atom is -0.325 e. The maximum absolute atomic E-state index is 11.3. The summed E-state index contributed by atoms with van der Waals surface area (Å²) in [6.07, 6.45) is 5.89. The fourth-order valence-corrected chi connectivity index (χ4v) is 1.34. The Kier molecular flexibility index (Phi) is 4.21. The van der Waals surface area contributed by atoms with Crippen LogP contribution < -0.4 is 5.32 Å². The van der Waals surface area contributed by atoms with Gasteiger partial charge in [0.05, 0.1) is 5.69 Å². The van der Waals surface area contributed by atoms with Crippen LogP contribution >= 0.6 is 15.9 Å². The molecule has 0 aliphatic rings. The summed E-state index contributed by atoms with van der Waals surface area (Å²) in [6.45, 7) is 0. The molecule has 3 heteroatoms.